The van der Waals surface area contributed by atoms with Gasteiger partial charge in [-0.25, -0.2) is 4.98 Å². The fourth-order valence-electron chi connectivity index (χ4n) is 2.86. The number of carbonyl (C=O) groups excluding carboxylic acids is 1. The van der Waals surface area contributed by atoms with Crippen molar-refractivity contribution in [3.8, 4) is 17.0 Å². The highest BCUT2D eigenvalue weighted by Crippen LogP contribution is 2.23. The Bertz CT molecular complexity index is 898. The number of benzene rings is 1. The van der Waals surface area contributed by atoms with Gasteiger partial charge in [0.15, 0.2) is 5.65 Å². The van der Waals surface area contributed by atoms with Crippen molar-refractivity contribution in [1.82, 2.24) is 14.4 Å². The predicted molar refractivity (Wildman–Crippen MR) is 92.5 cm³/mol. The molecular weight excluding hydrogens is 320 g/mol. The molecule has 0 radical (unpaired) electrons. The molecule has 3 heterocycles. The SMILES string of the molecule is COc1ccc(-c2cn3c(NC(=O)C4CCOC4)cnc3cn2)cc1. The number of carbonyl (C=O) groups is 1. The Morgan fingerprint density at radius 1 is 1.28 bits per heavy atom. The van der Waals surface area contributed by atoms with Crippen molar-refractivity contribution < 1.29 is 14.3 Å². The fraction of sp³-hybridized carbons (Fsp3) is 0.278. The van der Waals surface area contributed by atoms with E-state index < -0.39 is 0 Å². The number of fused-ring (bicyclic) bond motifs is 1. The summed E-state index contributed by atoms with van der Waals surface area (Å²) in [5.74, 6) is 1.28. The summed E-state index contributed by atoms with van der Waals surface area (Å²) in [7, 11) is 1.63. The number of rotatable bonds is 4. The summed E-state index contributed by atoms with van der Waals surface area (Å²) in [5.41, 5.74) is 2.42. The second kappa shape index (κ2) is 6.52. The third-order valence-electron chi connectivity index (χ3n) is 4.33. The molecule has 25 heavy (non-hydrogen) atoms. The number of imidazole rings is 1. The van der Waals surface area contributed by atoms with Crippen LogP contribution in [0.4, 0.5) is 5.82 Å². The highest BCUT2D eigenvalue weighted by atomic mass is 16.5. The molecule has 7 heteroatoms. The maximum atomic E-state index is 12.3. The van der Waals surface area contributed by atoms with Crippen LogP contribution in [0.3, 0.4) is 0 Å². The fourth-order valence-corrected chi connectivity index (χ4v) is 2.86. The van der Waals surface area contributed by atoms with Gasteiger partial charge in [0.25, 0.3) is 0 Å². The van der Waals surface area contributed by atoms with Crippen LogP contribution in [0.2, 0.25) is 0 Å². The molecule has 1 amide bonds. The maximum Gasteiger partial charge on any atom is 0.231 e. The number of aromatic nitrogens is 3. The van der Waals surface area contributed by atoms with Gasteiger partial charge in [-0.2, -0.15) is 0 Å². The van der Waals surface area contributed by atoms with Crippen LogP contribution in [0, 0.1) is 5.92 Å². The van der Waals surface area contributed by atoms with Crippen molar-refractivity contribution in [3.63, 3.8) is 0 Å². The number of methoxy groups -OCH3 is 1. The number of hydrogen-bond acceptors (Lipinski definition) is 5. The van der Waals surface area contributed by atoms with Gasteiger partial charge in [0.1, 0.15) is 11.6 Å². The van der Waals surface area contributed by atoms with Gasteiger partial charge in [-0.3, -0.25) is 14.2 Å². The van der Waals surface area contributed by atoms with E-state index in [2.05, 4.69) is 15.3 Å². The quantitative estimate of drug-likeness (QED) is 0.790. The molecule has 1 saturated heterocycles. The average molecular weight is 338 g/mol. The van der Waals surface area contributed by atoms with Gasteiger partial charge in [0, 0.05) is 18.4 Å². The van der Waals surface area contributed by atoms with Crippen molar-refractivity contribution in [2.24, 2.45) is 5.92 Å². The number of ether oxygens (including phenoxy) is 2. The smallest absolute Gasteiger partial charge is 0.231 e. The zero-order valence-corrected chi connectivity index (χ0v) is 13.8. The van der Waals surface area contributed by atoms with Crippen molar-refractivity contribution in [2.45, 2.75) is 6.42 Å². The van der Waals surface area contributed by atoms with Gasteiger partial charge in [-0.15, -0.1) is 0 Å². The Labute approximate surface area is 144 Å². The van der Waals surface area contributed by atoms with Crippen LogP contribution in [0.15, 0.2) is 42.9 Å². The Morgan fingerprint density at radius 2 is 2.12 bits per heavy atom. The summed E-state index contributed by atoms with van der Waals surface area (Å²) in [6, 6.07) is 7.66. The molecule has 3 aromatic rings. The Morgan fingerprint density at radius 3 is 2.84 bits per heavy atom. The molecule has 1 aliphatic heterocycles. The summed E-state index contributed by atoms with van der Waals surface area (Å²) in [6.07, 6.45) is 5.95. The van der Waals surface area contributed by atoms with Crippen molar-refractivity contribution in [1.29, 1.82) is 0 Å². The maximum absolute atomic E-state index is 12.3. The summed E-state index contributed by atoms with van der Waals surface area (Å²) in [6.45, 7) is 1.11. The normalized spacial score (nSPS) is 16.9. The highest BCUT2D eigenvalue weighted by molar-refractivity contribution is 5.92. The largest absolute Gasteiger partial charge is 0.497 e. The molecule has 1 N–H and O–H groups in total. The Hall–Kier alpha value is -2.93. The summed E-state index contributed by atoms with van der Waals surface area (Å²) < 4.78 is 12.3. The van der Waals surface area contributed by atoms with Crippen LogP contribution < -0.4 is 10.1 Å². The number of hydrogen-bond donors (Lipinski definition) is 1. The molecular formula is C18H18N4O3. The molecule has 7 nitrogen and oxygen atoms in total. The molecule has 128 valence electrons. The van der Waals surface area contributed by atoms with Crippen LogP contribution in [-0.4, -0.2) is 40.6 Å². The van der Waals surface area contributed by atoms with Gasteiger partial charge >= 0.3 is 0 Å². The Kier molecular flexibility index (Phi) is 4.07. The van der Waals surface area contributed by atoms with E-state index in [1.54, 1.807) is 19.5 Å². The van der Waals surface area contributed by atoms with Crippen molar-refractivity contribution >= 4 is 17.4 Å². The minimum absolute atomic E-state index is 0.0397. The van der Waals surface area contributed by atoms with E-state index in [4.69, 9.17) is 9.47 Å². The molecule has 0 saturated carbocycles. The first-order valence-electron chi connectivity index (χ1n) is 8.11. The van der Waals surface area contributed by atoms with E-state index in [9.17, 15) is 4.79 Å². The average Bonchev–Trinajstić information content (AvgIpc) is 3.32. The second-order valence-corrected chi connectivity index (χ2v) is 5.92. The molecule has 4 rings (SSSR count). The minimum atomic E-state index is -0.103. The van der Waals surface area contributed by atoms with Crippen molar-refractivity contribution in [2.75, 3.05) is 25.6 Å². The number of amides is 1. The third kappa shape index (κ3) is 3.06. The van der Waals surface area contributed by atoms with Crippen LogP contribution in [0.25, 0.3) is 16.9 Å². The molecule has 2 aromatic heterocycles. The lowest BCUT2D eigenvalue weighted by molar-refractivity contribution is -0.119. The van der Waals surface area contributed by atoms with Crippen LogP contribution in [0.5, 0.6) is 5.75 Å². The van der Waals surface area contributed by atoms with Crippen molar-refractivity contribution in [3.05, 3.63) is 42.9 Å². The number of anilines is 1. The molecule has 1 unspecified atom stereocenters. The van der Waals surface area contributed by atoms with Crippen LogP contribution >= 0.6 is 0 Å². The summed E-state index contributed by atoms with van der Waals surface area (Å²) >= 11 is 0. The van der Waals surface area contributed by atoms with Gasteiger partial charge in [-0.05, 0) is 30.7 Å². The van der Waals surface area contributed by atoms with Gasteiger partial charge in [0.05, 0.1) is 37.7 Å². The number of nitrogens with one attached hydrogen (secondary N) is 1. The van der Waals surface area contributed by atoms with E-state index in [0.29, 0.717) is 24.7 Å². The van der Waals surface area contributed by atoms with Gasteiger partial charge < -0.3 is 14.8 Å². The zero-order valence-electron chi connectivity index (χ0n) is 13.8. The first-order chi connectivity index (χ1) is 12.2. The number of nitrogens with zero attached hydrogens (tertiary/aromatic N) is 3. The molecule has 1 fully saturated rings. The van der Waals surface area contributed by atoms with Crippen LogP contribution in [-0.2, 0) is 9.53 Å². The molecule has 0 spiro atoms. The molecule has 0 aliphatic carbocycles. The molecule has 0 bridgehead atoms. The van der Waals surface area contributed by atoms with E-state index >= 15 is 0 Å². The lowest BCUT2D eigenvalue weighted by Gasteiger charge is -2.09. The van der Waals surface area contributed by atoms with Crippen LogP contribution in [0.1, 0.15) is 6.42 Å². The van der Waals surface area contributed by atoms with E-state index in [-0.39, 0.29) is 11.8 Å². The van der Waals surface area contributed by atoms with E-state index in [0.717, 1.165) is 23.4 Å². The monoisotopic (exact) mass is 338 g/mol. The second-order valence-electron chi connectivity index (χ2n) is 5.92. The Balaban J connectivity index is 1.63. The summed E-state index contributed by atoms with van der Waals surface area (Å²) in [4.78, 5) is 21.1. The topological polar surface area (TPSA) is 77.8 Å². The van der Waals surface area contributed by atoms with E-state index in [1.807, 2.05) is 34.9 Å². The first kappa shape index (κ1) is 15.6. The summed E-state index contributed by atoms with van der Waals surface area (Å²) in [5, 5.41) is 2.94. The zero-order chi connectivity index (χ0) is 17.2. The van der Waals surface area contributed by atoms with Gasteiger partial charge in [-0.1, -0.05) is 0 Å². The molecule has 1 atom stereocenters. The van der Waals surface area contributed by atoms with E-state index in [1.165, 1.54) is 0 Å². The standard InChI is InChI=1S/C18H18N4O3/c1-24-14-4-2-12(3-5-14)15-10-22-16(8-19-15)20-9-17(22)21-18(23)13-6-7-25-11-13/h2-5,8-10,13H,6-7,11H2,1H3,(H,21,23). The third-order valence-corrected chi connectivity index (χ3v) is 4.33. The highest BCUT2D eigenvalue weighted by Gasteiger charge is 2.24. The molecule has 1 aromatic carbocycles. The lowest BCUT2D eigenvalue weighted by Crippen LogP contribution is -2.23. The van der Waals surface area contributed by atoms with Gasteiger partial charge in [0.2, 0.25) is 5.91 Å². The predicted octanol–water partition coefficient (Wildman–Crippen LogP) is 2.38. The minimum Gasteiger partial charge on any atom is -0.497 e. The first-order valence-corrected chi connectivity index (χ1v) is 8.11. The lowest BCUT2D eigenvalue weighted by atomic mass is 10.1. The molecule has 1 aliphatic rings.